The summed E-state index contributed by atoms with van der Waals surface area (Å²) in [6.45, 7) is 2.70. The number of nitrogens with one attached hydrogen (secondary N) is 3. The van der Waals surface area contributed by atoms with E-state index in [0.717, 1.165) is 11.4 Å². The summed E-state index contributed by atoms with van der Waals surface area (Å²) < 4.78 is 6.89. The molecule has 3 aromatic rings. The number of anilines is 1. The molecule has 0 saturated heterocycles. The molecule has 156 valence electrons. The van der Waals surface area contributed by atoms with Crippen LogP contribution in [0.1, 0.15) is 11.4 Å². The highest BCUT2D eigenvalue weighted by atomic mass is 16.5. The van der Waals surface area contributed by atoms with Gasteiger partial charge in [-0.1, -0.05) is 30.3 Å². The van der Waals surface area contributed by atoms with E-state index in [9.17, 15) is 9.59 Å². The molecule has 10 heteroatoms. The number of alkyl carbamates (subject to hydrolysis) is 1. The van der Waals surface area contributed by atoms with E-state index in [1.807, 2.05) is 48.0 Å². The van der Waals surface area contributed by atoms with Crippen LogP contribution in [0.15, 0.2) is 55.1 Å². The Morgan fingerprint density at radius 3 is 2.67 bits per heavy atom. The van der Waals surface area contributed by atoms with E-state index in [-0.39, 0.29) is 19.1 Å². The van der Waals surface area contributed by atoms with Crippen LogP contribution in [-0.4, -0.2) is 51.2 Å². The summed E-state index contributed by atoms with van der Waals surface area (Å²) in [5.41, 5.74) is 0.874. The number of ether oxygens (including phenoxy) is 1. The number of amides is 2. The molecule has 0 fully saturated rings. The van der Waals surface area contributed by atoms with Crippen LogP contribution in [0.4, 0.5) is 10.6 Å². The standard InChI is InChI=1S/C20H23N7O3/c1-15-21-9-10-27(15)18-11-17(25-14-26-18)22-7-8-23-19(28)12-24-20(29)30-13-16-5-3-2-4-6-16/h2-6,9-11,14H,7-8,12-13H2,1H3,(H,23,28)(H,24,29)(H,22,25,26). The van der Waals surface area contributed by atoms with Gasteiger partial charge >= 0.3 is 6.09 Å². The van der Waals surface area contributed by atoms with Gasteiger partial charge in [0, 0.05) is 31.5 Å². The number of benzene rings is 1. The Morgan fingerprint density at radius 2 is 1.90 bits per heavy atom. The summed E-state index contributed by atoms with van der Waals surface area (Å²) in [5.74, 6) is 1.84. The van der Waals surface area contributed by atoms with Crippen LogP contribution >= 0.6 is 0 Å². The smallest absolute Gasteiger partial charge is 0.407 e. The van der Waals surface area contributed by atoms with Gasteiger partial charge in [-0.2, -0.15) is 0 Å². The molecule has 30 heavy (non-hydrogen) atoms. The van der Waals surface area contributed by atoms with Crippen LogP contribution in [-0.2, 0) is 16.1 Å². The van der Waals surface area contributed by atoms with Crippen molar-refractivity contribution in [2.24, 2.45) is 0 Å². The zero-order valence-corrected chi connectivity index (χ0v) is 16.5. The molecule has 0 saturated carbocycles. The summed E-state index contributed by atoms with van der Waals surface area (Å²) in [5, 5.41) is 8.23. The third kappa shape index (κ3) is 6.30. The number of rotatable bonds is 9. The predicted molar refractivity (Wildman–Crippen MR) is 110 cm³/mol. The van der Waals surface area contributed by atoms with Crippen molar-refractivity contribution in [2.75, 3.05) is 25.0 Å². The zero-order valence-electron chi connectivity index (χ0n) is 16.5. The minimum absolute atomic E-state index is 0.151. The van der Waals surface area contributed by atoms with Gasteiger partial charge in [-0.15, -0.1) is 0 Å². The SMILES string of the molecule is Cc1nccn1-c1cc(NCCNC(=O)CNC(=O)OCc2ccccc2)ncn1. The van der Waals surface area contributed by atoms with Crippen molar-refractivity contribution in [3.63, 3.8) is 0 Å². The van der Waals surface area contributed by atoms with Crippen LogP contribution in [0, 0.1) is 6.92 Å². The minimum Gasteiger partial charge on any atom is -0.445 e. The van der Waals surface area contributed by atoms with E-state index >= 15 is 0 Å². The fourth-order valence-corrected chi connectivity index (χ4v) is 2.58. The summed E-state index contributed by atoms with van der Waals surface area (Å²) in [6, 6.07) is 11.1. The van der Waals surface area contributed by atoms with Crippen LogP contribution in [0.3, 0.4) is 0 Å². The molecule has 0 radical (unpaired) electrons. The molecule has 2 heterocycles. The number of carbonyl (C=O) groups excluding carboxylic acids is 2. The van der Waals surface area contributed by atoms with Gasteiger partial charge < -0.3 is 20.7 Å². The first-order valence-corrected chi connectivity index (χ1v) is 9.39. The molecule has 0 bridgehead atoms. The second-order valence-corrected chi connectivity index (χ2v) is 6.30. The Kier molecular flexibility index (Phi) is 7.31. The summed E-state index contributed by atoms with van der Waals surface area (Å²) in [7, 11) is 0. The molecule has 3 rings (SSSR count). The largest absolute Gasteiger partial charge is 0.445 e. The van der Waals surface area contributed by atoms with Gasteiger partial charge in [0.1, 0.15) is 30.4 Å². The van der Waals surface area contributed by atoms with Crippen molar-refractivity contribution in [1.82, 2.24) is 30.2 Å². The number of aromatic nitrogens is 4. The second kappa shape index (κ2) is 10.6. The molecule has 0 spiro atoms. The highest BCUT2D eigenvalue weighted by molar-refractivity contribution is 5.82. The molecule has 0 aliphatic heterocycles. The molecule has 1 aromatic carbocycles. The van der Waals surface area contributed by atoms with E-state index in [2.05, 4.69) is 30.9 Å². The van der Waals surface area contributed by atoms with Gasteiger partial charge in [0.05, 0.1) is 6.54 Å². The third-order valence-corrected chi connectivity index (χ3v) is 4.08. The first-order valence-electron chi connectivity index (χ1n) is 9.39. The Morgan fingerprint density at radius 1 is 1.07 bits per heavy atom. The van der Waals surface area contributed by atoms with E-state index < -0.39 is 6.09 Å². The normalized spacial score (nSPS) is 10.3. The molecule has 3 N–H and O–H groups in total. The lowest BCUT2D eigenvalue weighted by atomic mass is 10.2. The van der Waals surface area contributed by atoms with Crippen molar-refractivity contribution < 1.29 is 14.3 Å². The van der Waals surface area contributed by atoms with E-state index in [1.165, 1.54) is 6.33 Å². The van der Waals surface area contributed by atoms with E-state index in [0.29, 0.717) is 24.7 Å². The number of hydrogen-bond donors (Lipinski definition) is 3. The van der Waals surface area contributed by atoms with Gasteiger partial charge in [0.15, 0.2) is 0 Å². The highest BCUT2D eigenvalue weighted by Gasteiger charge is 2.07. The Bertz CT molecular complexity index is 975. The van der Waals surface area contributed by atoms with Crippen molar-refractivity contribution >= 4 is 17.8 Å². The lowest BCUT2D eigenvalue weighted by Crippen LogP contribution is -2.38. The van der Waals surface area contributed by atoms with Crippen LogP contribution < -0.4 is 16.0 Å². The maximum absolute atomic E-state index is 11.8. The highest BCUT2D eigenvalue weighted by Crippen LogP contribution is 2.10. The average Bonchev–Trinajstić information content (AvgIpc) is 3.20. The Hall–Kier alpha value is -3.95. The van der Waals surface area contributed by atoms with Crippen LogP contribution in [0.5, 0.6) is 0 Å². The number of nitrogens with zero attached hydrogens (tertiary/aromatic N) is 4. The molecular weight excluding hydrogens is 386 g/mol. The molecule has 0 aliphatic rings. The van der Waals surface area contributed by atoms with Gasteiger partial charge in [-0.3, -0.25) is 9.36 Å². The zero-order chi connectivity index (χ0) is 21.2. The predicted octanol–water partition coefficient (Wildman–Crippen LogP) is 1.43. The molecule has 0 aliphatic carbocycles. The monoisotopic (exact) mass is 409 g/mol. The molecule has 2 amide bonds. The van der Waals surface area contributed by atoms with E-state index in [4.69, 9.17) is 4.74 Å². The van der Waals surface area contributed by atoms with Gasteiger partial charge in [-0.25, -0.2) is 19.7 Å². The first-order chi connectivity index (χ1) is 14.6. The summed E-state index contributed by atoms with van der Waals surface area (Å²) in [6.07, 6.45) is 4.33. The minimum atomic E-state index is -0.643. The van der Waals surface area contributed by atoms with Gasteiger partial charge in [-0.05, 0) is 12.5 Å². The fraction of sp³-hybridized carbons (Fsp3) is 0.250. The van der Waals surface area contributed by atoms with E-state index in [1.54, 1.807) is 12.3 Å². The van der Waals surface area contributed by atoms with Crippen molar-refractivity contribution in [1.29, 1.82) is 0 Å². The average molecular weight is 409 g/mol. The fourth-order valence-electron chi connectivity index (χ4n) is 2.58. The molecular formula is C20H23N7O3. The van der Waals surface area contributed by atoms with Gasteiger partial charge in [0.25, 0.3) is 0 Å². The third-order valence-electron chi connectivity index (χ3n) is 4.08. The number of imidazole rings is 1. The Labute approximate surface area is 173 Å². The molecule has 0 unspecified atom stereocenters. The molecule has 10 nitrogen and oxygen atoms in total. The first kappa shape index (κ1) is 20.8. The molecule has 2 aromatic heterocycles. The summed E-state index contributed by atoms with van der Waals surface area (Å²) in [4.78, 5) is 36.0. The summed E-state index contributed by atoms with van der Waals surface area (Å²) >= 11 is 0. The lowest BCUT2D eigenvalue weighted by Gasteiger charge is -2.10. The number of carbonyl (C=O) groups is 2. The van der Waals surface area contributed by atoms with Crippen molar-refractivity contribution in [3.8, 4) is 5.82 Å². The lowest BCUT2D eigenvalue weighted by molar-refractivity contribution is -0.120. The van der Waals surface area contributed by atoms with Crippen molar-refractivity contribution in [2.45, 2.75) is 13.5 Å². The maximum Gasteiger partial charge on any atom is 0.407 e. The second-order valence-electron chi connectivity index (χ2n) is 6.30. The van der Waals surface area contributed by atoms with Crippen LogP contribution in [0.25, 0.3) is 5.82 Å². The quantitative estimate of drug-likeness (QED) is 0.457. The van der Waals surface area contributed by atoms with Crippen LogP contribution in [0.2, 0.25) is 0 Å². The number of hydrogen-bond acceptors (Lipinski definition) is 7. The number of aryl methyl sites for hydroxylation is 1. The maximum atomic E-state index is 11.8. The van der Waals surface area contributed by atoms with Gasteiger partial charge in [0.2, 0.25) is 5.91 Å². The molecule has 0 atom stereocenters. The van der Waals surface area contributed by atoms with Crippen molar-refractivity contribution in [3.05, 3.63) is 66.5 Å². The Balaban J connectivity index is 1.32. The topological polar surface area (TPSA) is 123 Å².